The second-order valence-corrected chi connectivity index (χ2v) is 7.18. The van der Waals surface area contributed by atoms with Crippen molar-refractivity contribution in [2.24, 2.45) is 4.99 Å². The third-order valence-corrected chi connectivity index (χ3v) is 5.25. The average molecular weight is 410 g/mol. The van der Waals surface area contributed by atoms with Crippen LogP contribution in [0.3, 0.4) is 0 Å². The van der Waals surface area contributed by atoms with E-state index in [-0.39, 0.29) is 12.0 Å². The Morgan fingerprint density at radius 2 is 1.93 bits per heavy atom. The van der Waals surface area contributed by atoms with Crippen molar-refractivity contribution in [3.05, 3.63) is 71.9 Å². The first kappa shape index (κ1) is 16.4. The molecular weight excluding hydrogens is 397 g/mol. The minimum Gasteiger partial charge on any atom is -0.332 e. The monoisotopic (exact) mass is 409 g/mol. The highest BCUT2D eigenvalue weighted by atomic mass is 35.5. The van der Waals surface area contributed by atoms with E-state index in [2.05, 4.69) is 26.1 Å². The predicted octanol–water partition coefficient (Wildman–Crippen LogP) is 3.69. The van der Waals surface area contributed by atoms with E-state index in [4.69, 9.17) is 16.3 Å². The number of hydrogen-bond donors (Lipinski definition) is 0. The molecule has 0 aliphatic carbocycles. The summed E-state index contributed by atoms with van der Waals surface area (Å²) in [6.45, 7) is 0.512. The molecule has 0 amide bonds. The molecule has 1 atom stereocenters. The summed E-state index contributed by atoms with van der Waals surface area (Å²) in [4.78, 5) is 11.2. The van der Waals surface area contributed by atoms with Gasteiger partial charge in [0.2, 0.25) is 0 Å². The number of halogens is 2. The lowest BCUT2D eigenvalue weighted by atomic mass is 10.1. The van der Waals surface area contributed by atoms with E-state index in [0.717, 1.165) is 17.1 Å². The van der Waals surface area contributed by atoms with Gasteiger partial charge in [-0.25, -0.2) is 19.4 Å². The van der Waals surface area contributed by atoms with E-state index >= 15 is 0 Å². The van der Waals surface area contributed by atoms with Gasteiger partial charge in [-0.1, -0.05) is 18.2 Å². The standard InChI is InChI=1S/C19H13ClFN7O/c20-25-9-16-26(11-25)15-4-2-1-3-14(15)17-22-10-27(28(16)17)19-23-18(29-24-19)12-5-7-13(21)8-6-12/h1-10,17H,11H2. The van der Waals surface area contributed by atoms with Gasteiger partial charge in [-0.3, -0.25) is 4.42 Å². The summed E-state index contributed by atoms with van der Waals surface area (Å²) in [5, 5.41) is 7.79. The summed E-state index contributed by atoms with van der Waals surface area (Å²) in [6, 6.07) is 14.0. The molecule has 6 rings (SSSR count). The van der Waals surface area contributed by atoms with Crippen LogP contribution in [0.2, 0.25) is 0 Å². The fraction of sp³-hybridized carbons (Fsp3) is 0.105. The number of aliphatic imine (C=N–C) groups is 1. The molecule has 3 aliphatic rings. The van der Waals surface area contributed by atoms with Gasteiger partial charge >= 0.3 is 0 Å². The van der Waals surface area contributed by atoms with Gasteiger partial charge in [-0.2, -0.15) is 4.98 Å². The van der Waals surface area contributed by atoms with Crippen molar-refractivity contribution in [3.63, 3.8) is 0 Å². The quantitative estimate of drug-likeness (QED) is 0.598. The highest BCUT2D eigenvalue weighted by molar-refractivity contribution is 6.14. The average Bonchev–Trinajstić information content (AvgIpc) is 3.45. The molecule has 1 unspecified atom stereocenters. The van der Waals surface area contributed by atoms with E-state index < -0.39 is 0 Å². The van der Waals surface area contributed by atoms with Crippen LogP contribution in [0.25, 0.3) is 11.5 Å². The first-order valence-corrected chi connectivity index (χ1v) is 9.25. The van der Waals surface area contributed by atoms with Gasteiger partial charge in [0, 0.05) is 22.9 Å². The van der Waals surface area contributed by atoms with Crippen molar-refractivity contribution in [3.8, 4) is 11.5 Å². The number of benzene rings is 2. The maximum atomic E-state index is 13.2. The lowest BCUT2D eigenvalue weighted by Gasteiger charge is -2.41. The molecule has 4 heterocycles. The zero-order chi connectivity index (χ0) is 19.5. The summed E-state index contributed by atoms with van der Waals surface area (Å²) in [6.07, 6.45) is 3.25. The lowest BCUT2D eigenvalue weighted by molar-refractivity contribution is 0.276. The SMILES string of the molecule is Fc1ccc(-c2nc(N3C=NC4c5ccccc5N5CN(Cl)C=C5N43)no2)cc1. The van der Waals surface area contributed by atoms with Gasteiger partial charge in [0.15, 0.2) is 6.17 Å². The first-order chi connectivity index (χ1) is 14.2. The molecule has 2 aromatic carbocycles. The largest absolute Gasteiger partial charge is 0.332 e. The van der Waals surface area contributed by atoms with Crippen molar-refractivity contribution >= 4 is 29.8 Å². The predicted molar refractivity (Wildman–Crippen MR) is 105 cm³/mol. The molecule has 10 heteroatoms. The van der Waals surface area contributed by atoms with Gasteiger partial charge in [-0.05, 0) is 35.5 Å². The van der Waals surface area contributed by atoms with E-state index in [0.29, 0.717) is 24.1 Å². The number of fused-ring (bicyclic) bond motifs is 6. The van der Waals surface area contributed by atoms with Crippen LogP contribution in [-0.2, 0) is 0 Å². The van der Waals surface area contributed by atoms with Crippen LogP contribution >= 0.6 is 11.8 Å². The van der Waals surface area contributed by atoms with E-state index in [9.17, 15) is 4.39 Å². The summed E-state index contributed by atoms with van der Waals surface area (Å²) >= 11 is 6.28. The third kappa shape index (κ3) is 2.40. The highest BCUT2D eigenvalue weighted by Gasteiger charge is 2.44. The molecule has 0 N–H and O–H groups in total. The summed E-state index contributed by atoms with van der Waals surface area (Å²) < 4.78 is 20.2. The van der Waals surface area contributed by atoms with E-state index in [1.54, 1.807) is 27.9 Å². The Balaban J connectivity index is 1.40. The van der Waals surface area contributed by atoms with E-state index in [1.165, 1.54) is 12.1 Å². The number of hydrogen-bond acceptors (Lipinski definition) is 8. The maximum Gasteiger partial charge on any atom is 0.291 e. The van der Waals surface area contributed by atoms with Gasteiger partial charge in [0.1, 0.15) is 24.6 Å². The topological polar surface area (TPSA) is 64.2 Å². The summed E-state index contributed by atoms with van der Waals surface area (Å²) in [5.41, 5.74) is 2.75. The van der Waals surface area contributed by atoms with Crippen molar-refractivity contribution < 1.29 is 8.91 Å². The zero-order valence-corrected chi connectivity index (χ0v) is 15.6. The van der Waals surface area contributed by atoms with Gasteiger partial charge in [0.25, 0.3) is 11.8 Å². The zero-order valence-electron chi connectivity index (χ0n) is 14.9. The molecular formula is C19H13ClFN7O. The number of anilines is 2. The van der Waals surface area contributed by atoms with Gasteiger partial charge in [0.05, 0.1) is 11.9 Å². The molecule has 0 fully saturated rings. The number of para-hydroxylation sites is 1. The molecule has 1 aromatic heterocycles. The third-order valence-electron chi connectivity index (χ3n) is 5.04. The second-order valence-electron chi connectivity index (χ2n) is 6.75. The fourth-order valence-electron chi connectivity index (χ4n) is 3.75. The van der Waals surface area contributed by atoms with Crippen molar-refractivity contribution in [1.82, 2.24) is 19.6 Å². The summed E-state index contributed by atoms with van der Waals surface area (Å²) in [5.74, 6) is 1.15. The fourth-order valence-corrected chi connectivity index (χ4v) is 3.95. The number of nitrogens with zero attached hydrogens (tertiary/aromatic N) is 7. The minimum atomic E-state index is -0.325. The van der Waals surface area contributed by atoms with Crippen LogP contribution in [0.1, 0.15) is 11.7 Å². The molecule has 0 saturated carbocycles. The Labute approximate surface area is 169 Å². The molecule has 144 valence electrons. The smallest absolute Gasteiger partial charge is 0.291 e. The number of hydrazine groups is 1. The van der Waals surface area contributed by atoms with Crippen molar-refractivity contribution in [2.75, 3.05) is 16.6 Å². The van der Waals surface area contributed by atoms with Crippen LogP contribution in [0.4, 0.5) is 16.0 Å². The van der Waals surface area contributed by atoms with E-state index in [1.807, 2.05) is 29.4 Å². The Hall–Kier alpha value is -3.59. The number of aromatic nitrogens is 2. The first-order valence-electron chi connectivity index (χ1n) is 8.91. The molecule has 8 nitrogen and oxygen atoms in total. The molecule has 3 aromatic rings. The van der Waals surface area contributed by atoms with Crippen LogP contribution in [-0.4, -0.2) is 32.6 Å². The molecule has 0 saturated heterocycles. The molecule has 0 radical (unpaired) electrons. The van der Waals surface area contributed by atoms with Crippen LogP contribution in [0, 0.1) is 5.82 Å². The maximum absolute atomic E-state index is 13.2. The van der Waals surface area contributed by atoms with Crippen LogP contribution in [0.5, 0.6) is 0 Å². The Morgan fingerprint density at radius 1 is 1.10 bits per heavy atom. The Kier molecular flexibility index (Phi) is 3.36. The van der Waals surface area contributed by atoms with Crippen molar-refractivity contribution in [2.45, 2.75) is 6.17 Å². The summed E-state index contributed by atoms with van der Waals surface area (Å²) in [7, 11) is 0. The molecule has 0 bridgehead atoms. The van der Waals surface area contributed by atoms with Crippen LogP contribution in [0.15, 0.2) is 70.1 Å². The molecule has 29 heavy (non-hydrogen) atoms. The Morgan fingerprint density at radius 3 is 2.79 bits per heavy atom. The van der Waals surface area contributed by atoms with Gasteiger partial charge in [-0.15, -0.1) is 0 Å². The second kappa shape index (κ2) is 5.95. The lowest BCUT2D eigenvalue weighted by Crippen LogP contribution is -2.47. The Bertz CT molecular complexity index is 1160. The van der Waals surface area contributed by atoms with Gasteiger partial charge < -0.3 is 9.42 Å². The number of rotatable bonds is 2. The molecule has 3 aliphatic heterocycles. The van der Waals surface area contributed by atoms with Crippen molar-refractivity contribution in [1.29, 1.82) is 0 Å². The normalized spacial score (nSPS) is 19.4. The highest BCUT2D eigenvalue weighted by Crippen LogP contribution is 2.46. The van der Waals surface area contributed by atoms with Crippen LogP contribution < -0.4 is 9.91 Å². The molecule has 0 spiro atoms. The minimum absolute atomic E-state index is 0.260.